The molecule has 1 atom stereocenters. The number of aliphatic hydroxyl groups is 1. The average molecular weight is 677 g/mol. The normalized spacial score (nSPS) is 16.6. The molecule has 15 heteroatoms. The van der Waals surface area contributed by atoms with Crippen molar-refractivity contribution >= 4 is 40.4 Å². The number of halogens is 5. The molecule has 6 rings (SSSR count). The van der Waals surface area contributed by atoms with Crippen molar-refractivity contribution in [3.63, 3.8) is 0 Å². The molecule has 0 amide bonds. The van der Waals surface area contributed by atoms with E-state index >= 15 is 0 Å². The fraction of sp³-hybridized carbons (Fsp3) is 0.194. The van der Waals surface area contributed by atoms with Crippen LogP contribution in [0.4, 0.5) is 24.5 Å². The van der Waals surface area contributed by atoms with Crippen molar-refractivity contribution in [3.05, 3.63) is 125 Å². The van der Waals surface area contributed by atoms with Gasteiger partial charge in [-0.3, -0.25) is 25.0 Å². The Morgan fingerprint density at radius 2 is 1.26 bits per heavy atom. The molecule has 0 fully saturated rings. The minimum atomic E-state index is -4.80. The van der Waals surface area contributed by atoms with Gasteiger partial charge in [-0.25, -0.2) is 0 Å². The van der Waals surface area contributed by atoms with Gasteiger partial charge in [0, 0.05) is 47.4 Å². The lowest BCUT2D eigenvalue weighted by Crippen LogP contribution is -2.40. The van der Waals surface area contributed by atoms with Crippen LogP contribution >= 0.6 is 23.2 Å². The Morgan fingerprint density at radius 3 is 1.76 bits per heavy atom. The van der Waals surface area contributed by atoms with Gasteiger partial charge in [0.15, 0.2) is 11.4 Å². The third-order valence-electron chi connectivity index (χ3n) is 7.51. The molecule has 1 N–H and O–H groups in total. The highest BCUT2D eigenvalue weighted by Crippen LogP contribution is 2.51. The second kappa shape index (κ2) is 12.6. The van der Waals surface area contributed by atoms with Crippen molar-refractivity contribution in [1.82, 2.24) is 0 Å². The highest BCUT2D eigenvalue weighted by molar-refractivity contribution is 6.32. The summed E-state index contributed by atoms with van der Waals surface area (Å²) in [5, 5.41) is 31.5. The lowest BCUT2D eigenvalue weighted by atomic mass is 9.95. The second-order valence-corrected chi connectivity index (χ2v) is 11.1. The first-order chi connectivity index (χ1) is 21.7. The maximum atomic E-state index is 13.2. The number of nitro benzene ring substituents is 2. The fourth-order valence-electron chi connectivity index (χ4n) is 5.20. The Morgan fingerprint density at radius 1 is 0.739 bits per heavy atom. The number of rotatable bonds is 6. The van der Waals surface area contributed by atoms with Gasteiger partial charge in [-0.15, -0.1) is 0 Å². The van der Waals surface area contributed by atoms with Gasteiger partial charge in [-0.05, 0) is 49.1 Å². The molecule has 0 saturated carbocycles. The van der Waals surface area contributed by atoms with Crippen molar-refractivity contribution < 1.29 is 42.4 Å². The van der Waals surface area contributed by atoms with Crippen molar-refractivity contribution in [2.75, 3.05) is 0 Å². The van der Waals surface area contributed by atoms with E-state index in [4.69, 9.17) is 32.7 Å². The second-order valence-electron chi connectivity index (χ2n) is 10.3. The van der Waals surface area contributed by atoms with Crippen LogP contribution in [-0.4, -0.2) is 26.9 Å². The Balaban J connectivity index is 0.000000184. The zero-order valence-corrected chi connectivity index (χ0v) is 24.9. The molecular weight excluding hydrogens is 656 g/mol. The Kier molecular flexibility index (Phi) is 8.94. The number of nitrogens with zero attached hydrogens (tertiary/aromatic N) is 2. The number of ketones is 1. The van der Waals surface area contributed by atoms with Crippen LogP contribution in [0.15, 0.2) is 72.8 Å². The van der Waals surface area contributed by atoms with Crippen LogP contribution in [0.3, 0.4) is 0 Å². The summed E-state index contributed by atoms with van der Waals surface area (Å²) in [6, 6.07) is 16.8. The molecule has 238 valence electrons. The number of alkyl halides is 3. The van der Waals surface area contributed by atoms with Crippen LogP contribution < -0.4 is 9.47 Å². The number of fused-ring (bicyclic) bond motifs is 2. The molecule has 0 spiro atoms. The Bertz CT molecular complexity index is 1890. The third-order valence-corrected chi connectivity index (χ3v) is 8.10. The van der Waals surface area contributed by atoms with Gasteiger partial charge in [0.1, 0.15) is 23.0 Å². The van der Waals surface area contributed by atoms with Gasteiger partial charge >= 0.3 is 6.18 Å². The number of Topliss-reactive ketones (excluding diaryl/α,β-unsaturated/α-hetero) is 1. The minimum Gasteiger partial charge on any atom is -0.455 e. The van der Waals surface area contributed by atoms with E-state index in [1.165, 1.54) is 48.5 Å². The third kappa shape index (κ3) is 6.34. The molecule has 46 heavy (non-hydrogen) atoms. The molecule has 4 aromatic carbocycles. The molecule has 0 radical (unpaired) electrons. The number of non-ortho nitro benzene ring substituents is 2. The lowest BCUT2D eigenvalue weighted by molar-refractivity contribution is -0.385. The van der Waals surface area contributed by atoms with Crippen LogP contribution in [0.25, 0.3) is 0 Å². The van der Waals surface area contributed by atoms with E-state index in [1.807, 2.05) is 0 Å². The average Bonchev–Trinajstić information content (AvgIpc) is 3.57. The fourth-order valence-corrected chi connectivity index (χ4v) is 5.63. The monoisotopic (exact) mass is 676 g/mol. The predicted octanol–water partition coefficient (Wildman–Crippen LogP) is 8.91. The summed E-state index contributed by atoms with van der Waals surface area (Å²) in [5.74, 6) is 1.19. The molecular formula is C31H21Cl2F3N2O8. The topological polar surface area (TPSA) is 142 Å². The quantitative estimate of drug-likeness (QED) is 0.158. The smallest absolute Gasteiger partial charge is 0.421 e. The molecule has 2 aliphatic carbocycles. The molecule has 10 nitrogen and oxygen atoms in total. The zero-order valence-electron chi connectivity index (χ0n) is 23.3. The van der Waals surface area contributed by atoms with Gasteiger partial charge in [-0.1, -0.05) is 47.5 Å². The maximum Gasteiger partial charge on any atom is 0.421 e. The van der Waals surface area contributed by atoms with Crippen molar-refractivity contribution in [3.8, 4) is 23.0 Å². The number of ether oxygens (including phenoxy) is 2. The first-order valence-corrected chi connectivity index (χ1v) is 14.3. The highest BCUT2D eigenvalue weighted by atomic mass is 35.5. The van der Waals surface area contributed by atoms with Crippen LogP contribution in [0, 0.1) is 20.2 Å². The largest absolute Gasteiger partial charge is 0.455 e. The lowest BCUT2D eigenvalue weighted by Gasteiger charge is -2.27. The summed E-state index contributed by atoms with van der Waals surface area (Å²) in [4.78, 5) is 31.9. The van der Waals surface area contributed by atoms with E-state index in [0.29, 0.717) is 29.9 Å². The molecule has 0 aliphatic heterocycles. The van der Waals surface area contributed by atoms with E-state index in [-0.39, 0.29) is 56.3 Å². The van der Waals surface area contributed by atoms with Gasteiger partial charge in [0.25, 0.3) is 11.4 Å². The summed E-state index contributed by atoms with van der Waals surface area (Å²) in [7, 11) is 0. The standard InChI is InChI=1S/C16H11ClF3NO4.C15H10ClNO4/c17-12-8-9(21(23)24)4-5-14(12)25-13-3-1-2-11-10(13)6-7-15(11,22)16(18,19)20;16-12-8-9(17(19)20)4-7-15(12)21-14-3-1-2-10-11(14)5-6-13(10)18/h1-5,8,22H,6-7H2;1-4,7-8H,5-6H2. The zero-order chi connectivity index (χ0) is 33.4. The molecule has 2 aliphatic rings. The maximum absolute atomic E-state index is 13.2. The summed E-state index contributed by atoms with van der Waals surface area (Å²) >= 11 is 12.0. The number of benzene rings is 4. The predicted molar refractivity (Wildman–Crippen MR) is 160 cm³/mol. The van der Waals surface area contributed by atoms with Crippen molar-refractivity contribution in [2.45, 2.75) is 37.5 Å². The SMILES string of the molecule is O=C1CCc2c(Oc3ccc([N+](=O)[O-])cc3Cl)cccc21.O=[N+]([O-])c1ccc(Oc2cccc3c2CCC3(O)C(F)(F)F)c(Cl)c1. The van der Waals surface area contributed by atoms with Crippen LogP contribution in [0.5, 0.6) is 23.0 Å². The molecule has 0 bridgehead atoms. The number of nitro groups is 2. The number of carbonyl (C=O) groups excluding carboxylic acids is 1. The molecule has 1 unspecified atom stereocenters. The van der Waals surface area contributed by atoms with Gasteiger partial charge in [0.05, 0.1) is 19.9 Å². The van der Waals surface area contributed by atoms with Crippen LogP contribution in [-0.2, 0) is 18.4 Å². The van der Waals surface area contributed by atoms with E-state index in [9.17, 15) is 43.3 Å². The first-order valence-electron chi connectivity index (χ1n) is 13.5. The van der Waals surface area contributed by atoms with Gasteiger partial charge in [-0.2, -0.15) is 13.2 Å². The van der Waals surface area contributed by atoms with Crippen LogP contribution in [0.1, 0.15) is 39.9 Å². The number of hydrogen-bond acceptors (Lipinski definition) is 8. The van der Waals surface area contributed by atoms with Crippen LogP contribution in [0.2, 0.25) is 10.0 Å². The Hall–Kier alpha value is -4.72. The highest BCUT2D eigenvalue weighted by Gasteiger charge is 2.58. The molecule has 0 saturated heterocycles. The summed E-state index contributed by atoms with van der Waals surface area (Å²) < 4.78 is 50.9. The first kappa shape index (κ1) is 32.7. The van der Waals surface area contributed by atoms with E-state index < -0.39 is 28.0 Å². The molecule has 0 aromatic heterocycles. The van der Waals surface area contributed by atoms with Gasteiger partial charge in [0.2, 0.25) is 0 Å². The molecule has 0 heterocycles. The van der Waals surface area contributed by atoms with E-state index in [0.717, 1.165) is 11.6 Å². The summed E-state index contributed by atoms with van der Waals surface area (Å²) in [6.07, 6.45) is -4.22. The summed E-state index contributed by atoms with van der Waals surface area (Å²) in [6.45, 7) is 0. The van der Waals surface area contributed by atoms with Crippen molar-refractivity contribution in [1.29, 1.82) is 0 Å². The Labute approximate surface area is 268 Å². The number of hydrogen-bond donors (Lipinski definition) is 1. The van der Waals surface area contributed by atoms with E-state index in [2.05, 4.69) is 0 Å². The van der Waals surface area contributed by atoms with Gasteiger partial charge < -0.3 is 14.6 Å². The number of carbonyl (C=O) groups is 1. The minimum absolute atomic E-state index is 0.0217. The molecule has 4 aromatic rings. The summed E-state index contributed by atoms with van der Waals surface area (Å²) in [5.41, 5.74) is -1.74. The van der Waals surface area contributed by atoms with Crippen molar-refractivity contribution in [2.24, 2.45) is 0 Å². The van der Waals surface area contributed by atoms with E-state index in [1.54, 1.807) is 18.2 Å².